The zero-order valence-corrected chi connectivity index (χ0v) is 18.6. The van der Waals surface area contributed by atoms with E-state index in [-0.39, 0.29) is 10.8 Å². The van der Waals surface area contributed by atoms with Gasteiger partial charge in [0.2, 0.25) is 0 Å². The smallest absolute Gasteiger partial charge is 0.255 e. The van der Waals surface area contributed by atoms with Crippen LogP contribution in [0.2, 0.25) is 10.0 Å². The number of benzene rings is 3. The molecule has 0 atom stereocenters. The molecule has 0 radical (unpaired) electrons. The van der Waals surface area contributed by atoms with Crippen molar-refractivity contribution in [3.63, 3.8) is 0 Å². The number of carbonyl (C=O) groups is 1. The number of amides is 1. The lowest BCUT2D eigenvalue weighted by Gasteiger charge is -2.26. The summed E-state index contributed by atoms with van der Waals surface area (Å²) in [6.07, 6.45) is 0. The molecule has 4 rings (SSSR count). The molecule has 1 saturated heterocycles. The van der Waals surface area contributed by atoms with E-state index in [0.29, 0.717) is 22.0 Å². The standard InChI is InChI=1S/C24H21Cl2FN2O3/c25-20-7-3-17(13-21(20)26)24(30)28-18-4-8-23(22(27)14-18)32-19-5-1-16(2-6-19)15-29-9-11-31-12-10-29/h1-8,13-14H,9-12,15H2,(H,28,30). The molecule has 0 aromatic heterocycles. The van der Waals surface area contributed by atoms with Crippen molar-refractivity contribution in [3.8, 4) is 11.5 Å². The summed E-state index contributed by atoms with van der Waals surface area (Å²) in [4.78, 5) is 14.7. The van der Waals surface area contributed by atoms with Crippen LogP contribution in [0.1, 0.15) is 15.9 Å². The van der Waals surface area contributed by atoms with Crippen LogP contribution in [-0.4, -0.2) is 37.1 Å². The van der Waals surface area contributed by atoms with Gasteiger partial charge >= 0.3 is 0 Å². The van der Waals surface area contributed by atoms with E-state index in [9.17, 15) is 9.18 Å². The van der Waals surface area contributed by atoms with Crippen LogP contribution in [0.15, 0.2) is 60.7 Å². The van der Waals surface area contributed by atoms with Crippen LogP contribution in [0.3, 0.4) is 0 Å². The van der Waals surface area contributed by atoms with Crippen LogP contribution in [-0.2, 0) is 11.3 Å². The number of nitrogens with one attached hydrogen (secondary N) is 1. The topological polar surface area (TPSA) is 50.8 Å². The number of morpholine rings is 1. The summed E-state index contributed by atoms with van der Waals surface area (Å²) in [5.74, 6) is -0.414. The monoisotopic (exact) mass is 474 g/mol. The first-order chi connectivity index (χ1) is 15.5. The Morgan fingerprint density at radius 2 is 1.75 bits per heavy atom. The fourth-order valence-electron chi connectivity index (χ4n) is 3.31. The van der Waals surface area contributed by atoms with Gasteiger partial charge in [-0.2, -0.15) is 0 Å². The molecule has 1 aliphatic heterocycles. The second-order valence-corrected chi connectivity index (χ2v) is 8.18. The lowest BCUT2D eigenvalue weighted by atomic mass is 10.2. The highest BCUT2D eigenvalue weighted by molar-refractivity contribution is 6.42. The first kappa shape index (κ1) is 22.6. The lowest BCUT2D eigenvalue weighted by molar-refractivity contribution is 0.0342. The molecule has 8 heteroatoms. The average Bonchev–Trinajstić information content (AvgIpc) is 2.79. The summed E-state index contributed by atoms with van der Waals surface area (Å²) in [6, 6.07) is 16.3. The second-order valence-electron chi connectivity index (χ2n) is 7.36. The number of ether oxygens (including phenoxy) is 2. The van der Waals surface area contributed by atoms with Crippen molar-refractivity contribution in [1.29, 1.82) is 0 Å². The molecule has 32 heavy (non-hydrogen) atoms. The molecular formula is C24H21Cl2FN2O3. The first-order valence-electron chi connectivity index (χ1n) is 10.1. The average molecular weight is 475 g/mol. The summed E-state index contributed by atoms with van der Waals surface area (Å²) in [5.41, 5.74) is 1.77. The van der Waals surface area contributed by atoms with Gasteiger partial charge in [0.25, 0.3) is 5.91 Å². The number of carbonyl (C=O) groups excluding carboxylic acids is 1. The lowest BCUT2D eigenvalue weighted by Crippen LogP contribution is -2.35. The highest BCUT2D eigenvalue weighted by atomic mass is 35.5. The molecule has 0 saturated carbocycles. The summed E-state index contributed by atoms with van der Waals surface area (Å²) < 4.78 is 25.6. The Labute approximate surface area is 195 Å². The van der Waals surface area contributed by atoms with E-state index in [0.717, 1.165) is 38.4 Å². The quantitative estimate of drug-likeness (QED) is 0.475. The van der Waals surface area contributed by atoms with Gasteiger partial charge < -0.3 is 14.8 Å². The minimum Gasteiger partial charge on any atom is -0.454 e. The molecule has 1 amide bonds. The Balaban J connectivity index is 1.37. The van der Waals surface area contributed by atoms with E-state index in [2.05, 4.69) is 10.2 Å². The summed E-state index contributed by atoms with van der Waals surface area (Å²) in [7, 11) is 0. The molecule has 3 aromatic carbocycles. The predicted molar refractivity (Wildman–Crippen MR) is 123 cm³/mol. The maximum atomic E-state index is 14.6. The van der Waals surface area contributed by atoms with Crippen molar-refractivity contribution in [2.24, 2.45) is 0 Å². The molecule has 166 valence electrons. The highest BCUT2D eigenvalue weighted by Crippen LogP contribution is 2.28. The number of rotatable bonds is 6. The number of hydrogen-bond donors (Lipinski definition) is 1. The fraction of sp³-hybridized carbons (Fsp3) is 0.208. The molecular weight excluding hydrogens is 454 g/mol. The highest BCUT2D eigenvalue weighted by Gasteiger charge is 2.13. The van der Waals surface area contributed by atoms with Gasteiger partial charge in [-0.15, -0.1) is 0 Å². The van der Waals surface area contributed by atoms with Gasteiger partial charge in [0.15, 0.2) is 11.6 Å². The number of nitrogens with zero attached hydrogens (tertiary/aromatic N) is 1. The Morgan fingerprint density at radius 1 is 1.00 bits per heavy atom. The van der Waals surface area contributed by atoms with Gasteiger partial charge in [0, 0.05) is 37.0 Å². The zero-order chi connectivity index (χ0) is 22.5. The van der Waals surface area contributed by atoms with Gasteiger partial charge in [-0.05, 0) is 48.0 Å². The van der Waals surface area contributed by atoms with Crippen molar-refractivity contribution in [1.82, 2.24) is 4.90 Å². The second kappa shape index (κ2) is 10.3. The third-order valence-electron chi connectivity index (χ3n) is 5.03. The van der Waals surface area contributed by atoms with Gasteiger partial charge in [-0.25, -0.2) is 4.39 Å². The van der Waals surface area contributed by atoms with Gasteiger partial charge in [-0.1, -0.05) is 35.3 Å². The maximum Gasteiger partial charge on any atom is 0.255 e. The van der Waals surface area contributed by atoms with E-state index >= 15 is 0 Å². The molecule has 1 N–H and O–H groups in total. The SMILES string of the molecule is O=C(Nc1ccc(Oc2ccc(CN3CCOCC3)cc2)c(F)c1)c1ccc(Cl)c(Cl)c1. The molecule has 1 fully saturated rings. The van der Waals surface area contributed by atoms with Crippen LogP contribution in [0.4, 0.5) is 10.1 Å². The van der Waals surface area contributed by atoms with Gasteiger partial charge in [0.1, 0.15) is 5.75 Å². The normalized spacial score (nSPS) is 14.2. The molecule has 3 aromatic rings. The Kier molecular flexibility index (Phi) is 7.27. The molecule has 0 aliphatic carbocycles. The fourth-order valence-corrected chi connectivity index (χ4v) is 3.61. The van der Waals surface area contributed by atoms with Crippen LogP contribution >= 0.6 is 23.2 Å². The van der Waals surface area contributed by atoms with E-state index in [4.69, 9.17) is 32.7 Å². The molecule has 1 heterocycles. The zero-order valence-electron chi connectivity index (χ0n) is 17.1. The van der Waals surface area contributed by atoms with Crippen LogP contribution in [0.5, 0.6) is 11.5 Å². The van der Waals surface area contributed by atoms with Crippen molar-refractivity contribution < 1.29 is 18.7 Å². The predicted octanol–water partition coefficient (Wildman–Crippen LogP) is 6.01. The minimum absolute atomic E-state index is 0.0680. The number of hydrogen-bond acceptors (Lipinski definition) is 4. The summed E-state index contributed by atoms with van der Waals surface area (Å²) >= 11 is 11.8. The third-order valence-corrected chi connectivity index (χ3v) is 5.77. The molecule has 0 spiro atoms. The summed E-state index contributed by atoms with van der Waals surface area (Å²) in [6.45, 7) is 4.18. The Bertz CT molecular complexity index is 1100. The van der Waals surface area contributed by atoms with Crippen molar-refractivity contribution in [2.75, 3.05) is 31.6 Å². The van der Waals surface area contributed by atoms with Crippen LogP contribution < -0.4 is 10.1 Å². The number of anilines is 1. The minimum atomic E-state index is -0.589. The van der Waals surface area contributed by atoms with Crippen molar-refractivity contribution in [3.05, 3.63) is 87.7 Å². The first-order valence-corrected chi connectivity index (χ1v) is 10.9. The summed E-state index contributed by atoms with van der Waals surface area (Å²) in [5, 5.41) is 3.25. The molecule has 1 aliphatic rings. The van der Waals surface area contributed by atoms with E-state index in [1.807, 2.05) is 24.3 Å². The van der Waals surface area contributed by atoms with E-state index in [1.54, 1.807) is 12.1 Å². The van der Waals surface area contributed by atoms with Crippen LogP contribution in [0.25, 0.3) is 0 Å². The molecule has 0 unspecified atom stereocenters. The van der Waals surface area contributed by atoms with Crippen LogP contribution in [0, 0.1) is 5.82 Å². The largest absolute Gasteiger partial charge is 0.454 e. The maximum absolute atomic E-state index is 14.6. The number of halogens is 3. The van der Waals surface area contributed by atoms with E-state index < -0.39 is 11.7 Å². The Hall–Kier alpha value is -2.64. The van der Waals surface area contributed by atoms with Gasteiger partial charge in [-0.3, -0.25) is 9.69 Å². The van der Waals surface area contributed by atoms with Crippen molar-refractivity contribution in [2.45, 2.75) is 6.54 Å². The van der Waals surface area contributed by atoms with Crippen molar-refractivity contribution >= 4 is 34.8 Å². The third kappa shape index (κ3) is 5.78. The molecule has 0 bridgehead atoms. The van der Waals surface area contributed by atoms with Gasteiger partial charge in [0.05, 0.1) is 23.3 Å². The molecule has 5 nitrogen and oxygen atoms in total. The Morgan fingerprint density at radius 3 is 2.44 bits per heavy atom. The van der Waals surface area contributed by atoms with E-state index in [1.165, 1.54) is 24.3 Å².